The van der Waals surface area contributed by atoms with E-state index in [1.165, 1.54) is 5.56 Å². The predicted octanol–water partition coefficient (Wildman–Crippen LogP) is 4.01. The number of likely N-dealkylation sites (tertiary alicyclic amines) is 1. The number of methoxy groups -OCH3 is 1. The van der Waals surface area contributed by atoms with E-state index in [-0.39, 0.29) is 5.91 Å². The van der Waals surface area contributed by atoms with E-state index in [1.54, 1.807) is 20.3 Å². The summed E-state index contributed by atoms with van der Waals surface area (Å²) < 4.78 is 11.0. The second kappa shape index (κ2) is 9.28. The minimum Gasteiger partial charge on any atom is -0.497 e. The zero-order chi connectivity index (χ0) is 20.1. The number of rotatable bonds is 8. The van der Waals surface area contributed by atoms with Gasteiger partial charge in [-0.3, -0.25) is 9.69 Å². The molecule has 1 aromatic heterocycles. The molecule has 5 heteroatoms. The molecule has 1 fully saturated rings. The van der Waals surface area contributed by atoms with Crippen molar-refractivity contribution in [1.29, 1.82) is 0 Å². The quantitative estimate of drug-likeness (QED) is 0.690. The third-order valence-corrected chi connectivity index (χ3v) is 5.48. The van der Waals surface area contributed by atoms with Gasteiger partial charge in [-0.05, 0) is 41.7 Å². The fourth-order valence-electron chi connectivity index (χ4n) is 4.20. The van der Waals surface area contributed by atoms with Crippen molar-refractivity contribution in [3.05, 3.63) is 54.0 Å². The van der Waals surface area contributed by atoms with Crippen LogP contribution in [0.1, 0.15) is 38.0 Å². The highest BCUT2D eigenvalue weighted by molar-refractivity contribution is 5.73. The summed E-state index contributed by atoms with van der Waals surface area (Å²) in [5.41, 5.74) is 1.28. The van der Waals surface area contributed by atoms with Crippen molar-refractivity contribution in [1.82, 2.24) is 9.80 Å². The molecule has 0 spiro atoms. The van der Waals surface area contributed by atoms with Crippen molar-refractivity contribution in [3.63, 3.8) is 0 Å². The lowest BCUT2D eigenvalue weighted by atomic mass is 9.88. The second-order valence-electron chi connectivity index (χ2n) is 8.23. The molecule has 0 radical (unpaired) electrons. The fourth-order valence-corrected chi connectivity index (χ4v) is 4.20. The molecule has 0 N–H and O–H groups in total. The van der Waals surface area contributed by atoms with Crippen LogP contribution >= 0.6 is 0 Å². The Bertz CT molecular complexity index is 757. The van der Waals surface area contributed by atoms with Gasteiger partial charge in [0.1, 0.15) is 11.5 Å². The Morgan fingerprint density at radius 1 is 1.29 bits per heavy atom. The van der Waals surface area contributed by atoms with E-state index in [9.17, 15) is 4.79 Å². The fraction of sp³-hybridized carbons (Fsp3) is 0.522. The molecule has 1 aliphatic rings. The number of ether oxygens (including phenoxy) is 1. The molecule has 5 nitrogen and oxygen atoms in total. The third kappa shape index (κ3) is 5.16. The molecular formula is C23H32N2O3. The van der Waals surface area contributed by atoms with Gasteiger partial charge in [0, 0.05) is 39.0 Å². The Balaban J connectivity index is 1.80. The maximum absolute atomic E-state index is 12.2. The van der Waals surface area contributed by atoms with Gasteiger partial charge in [0.25, 0.3) is 0 Å². The smallest absolute Gasteiger partial charge is 0.219 e. The van der Waals surface area contributed by atoms with Crippen LogP contribution in [-0.2, 0) is 11.3 Å². The largest absolute Gasteiger partial charge is 0.497 e. The molecule has 0 aliphatic carbocycles. The Labute approximate surface area is 168 Å². The minimum atomic E-state index is 0.155. The topological polar surface area (TPSA) is 45.9 Å². The van der Waals surface area contributed by atoms with E-state index in [0.29, 0.717) is 17.8 Å². The summed E-state index contributed by atoms with van der Waals surface area (Å²) in [6, 6.07) is 12.3. The lowest BCUT2D eigenvalue weighted by Gasteiger charge is -2.29. The van der Waals surface area contributed by atoms with Gasteiger partial charge in [-0.25, -0.2) is 0 Å². The SMILES string of the molecule is COc1cccc([C@@H]2CN(Cc3ccco3)C[C@H]2CN(CC(C)C)C(C)=O)c1. The Morgan fingerprint density at radius 2 is 2.11 bits per heavy atom. The molecule has 152 valence electrons. The Kier molecular flexibility index (Phi) is 6.79. The van der Waals surface area contributed by atoms with Crippen LogP contribution in [0.5, 0.6) is 5.75 Å². The first-order chi connectivity index (χ1) is 13.5. The van der Waals surface area contributed by atoms with Crippen LogP contribution < -0.4 is 4.74 Å². The molecule has 2 aromatic rings. The van der Waals surface area contributed by atoms with E-state index in [0.717, 1.165) is 44.2 Å². The highest BCUT2D eigenvalue weighted by atomic mass is 16.5. The van der Waals surface area contributed by atoms with Crippen LogP contribution in [0, 0.1) is 11.8 Å². The first kappa shape index (κ1) is 20.5. The van der Waals surface area contributed by atoms with Crippen molar-refractivity contribution in [3.8, 4) is 5.75 Å². The van der Waals surface area contributed by atoms with Gasteiger partial charge in [-0.15, -0.1) is 0 Å². The molecule has 1 aliphatic heterocycles. The molecule has 0 bridgehead atoms. The number of carbonyl (C=O) groups is 1. The lowest BCUT2D eigenvalue weighted by molar-refractivity contribution is -0.130. The highest BCUT2D eigenvalue weighted by Gasteiger charge is 2.35. The van der Waals surface area contributed by atoms with Gasteiger partial charge in [0.15, 0.2) is 0 Å². The van der Waals surface area contributed by atoms with Gasteiger partial charge in [-0.2, -0.15) is 0 Å². The van der Waals surface area contributed by atoms with E-state index in [1.807, 2.05) is 23.1 Å². The zero-order valence-corrected chi connectivity index (χ0v) is 17.4. The maximum Gasteiger partial charge on any atom is 0.219 e. The zero-order valence-electron chi connectivity index (χ0n) is 17.4. The van der Waals surface area contributed by atoms with Gasteiger partial charge in [0.05, 0.1) is 19.9 Å². The monoisotopic (exact) mass is 384 g/mol. The predicted molar refractivity (Wildman–Crippen MR) is 110 cm³/mol. The normalized spacial score (nSPS) is 19.9. The number of hydrogen-bond acceptors (Lipinski definition) is 4. The molecular weight excluding hydrogens is 352 g/mol. The molecule has 2 heterocycles. The molecule has 2 atom stereocenters. The summed E-state index contributed by atoms with van der Waals surface area (Å²) >= 11 is 0. The molecule has 28 heavy (non-hydrogen) atoms. The van der Waals surface area contributed by atoms with Crippen molar-refractivity contribution >= 4 is 5.91 Å². The minimum absolute atomic E-state index is 0.155. The summed E-state index contributed by atoms with van der Waals surface area (Å²) in [6.07, 6.45) is 1.72. The summed E-state index contributed by atoms with van der Waals surface area (Å²) in [5, 5.41) is 0. The average molecular weight is 385 g/mol. The van der Waals surface area contributed by atoms with E-state index in [2.05, 4.69) is 36.9 Å². The summed E-state index contributed by atoms with van der Waals surface area (Å²) in [5.74, 6) is 3.22. The molecule has 1 aromatic carbocycles. The van der Waals surface area contributed by atoms with E-state index >= 15 is 0 Å². The molecule has 0 unspecified atom stereocenters. The number of benzene rings is 1. The first-order valence-electron chi connectivity index (χ1n) is 10.1. The van der Waals surface area contributed by atoms with E-state index in [4.69, 9.17) is 9.15 Å². The standard InChI is InChI=1S/C23H32N2O3/c1-17(2)12-25(18(3)26)14-20-13-24(15-22-9-6-10-28-22)16-23(20)19-7-5-8-21(11-19)27-4/h5-11,17,20,23H,12-16H2,1-4H3/t20-,23-/m0/s1. The number of amides is 1. The van der Waals surface area contributed by atoms with Crippen molar-refractivity contribution in [2.24, 2.45) is 11.8 Å². The third-order valence-electron chi connectivity index (χ3n) is 5.48. The van der Waals surface area contributed by atoms with Crippen LogP contribution in [0.4, 0.5) is 0 Å². The number of carbonyl (C=O) groups excluding carboxylic acids is 1. The summed E-state index contributed by atoms with van der Waals surface area (Å²) in [6.45, 7) is 10.3. The number of nitrogens with zero attached hydrogens (tertiary/aromatic N) is 2. The number of hydrogen-bond donors (Lipinski definition) is 0. The second-order valence-corrected chi connectivity index (χ2v) is 8.23. The Hall–Kier alpha value is -2.27. The van der Waals surface area contributed by atoms with Gasteiger partial charge in [-0.1, -0.05) is 26.0 Å². The molecule has 0 saturated carbocycles. The number of furan rings is 1. The first-order valence-corrected chi connectivity index (χ1v) is 10.1. The van der Waals surface area contributed by atoms with Crippen LogP contribution in [0.2, 0.25) is 0 Å². The lowest BCUT2D eigenvalue weighted by Crippen LogP contribution is -2.38. The maximum atomic E-state index is 12.2. The Morgan fingerprint density at radius 3 is 2.75 bits per heavy atom. The molecule has 1 amide bonds. The van der Waals surface area contributed by atoms with Gasteiger partial charge >= 0.3 is 0 Å². The summed E-state index contributed by atoms with van der Waals surface area (Å²) in [7, 11) is 1.70. The van der Waals surface area contributed by atoms with Crippen LogP contribution in [0.25, 0.3) is 0 Å². The van der Waals surface area contributed by atoms with Crippen molar-refractivity contribution in [2.75, 3.05) is 33.3 Å². The van der Waals surface area contributed by atoms with Crippen LogP contribution in [-0.4, -0.2) is 49.0 Å². The molecule has 3 rings (SSSR count). The van der Waals surface area contributed by atoms with Crippen LogP contribution in [0.3, 0.4) is 0 Å². The van der Waals surface area contributed by atoms with E-state index < -0.39 is 0 Å². The van der Waals surface area contributed by atoms with Crippen molar-refractivity contribution < 1.29 is 13.9 Å². The molecule has 1 saturated heterocycles. The average Bonchev–Trinajstić information content (AvgIpc) is 3.31. The van der Waals surface area contributed by atoms with Crippen molar-refractivity contribution in [2.45, 2.75) is 33.2 Å². The van der Waals surface area contributed by atoms with Gasteiger partial charge < -0.3 is 14.1 Å². The highest BCUT2D eigenvalue weighted by Crippen LogP contribution is 2.35. The van der Waals surface area contributed by atoms with Gasteiger partial charge in [0.2, 0.25) is 5.91 Å². The van der Waals surface area contributed by atoms with Crippen LogP contribution in [0.15, 0.2) is 47.1 Å². The summed E-state index contributed by atoms with van der Waals surface area (Å²) in [4.78, 5) is 16.7.